The van der Waals surface area contributed by atoms with Crippen molar-refractivity contribution in [1.82, 2.24) is 19.7 Å². The summed E-state index contributed by atoms with van der Waals surface area (Å²) < 4.78 is 0. The zero-order chi connectivity index (χ0) is 22.5. The third-order valence-corrected chi connectivity index (χ3v) is 6.23. The zero-order valence-electron chi connectivity index (χ0n) is 18.4. The van der Waals surface area contributed by atoms with E-state index in [2.05, 4.69) is 17.2 Å². The number of nitrogens with zero attached hydrogens (tertiary/aromatic N) is 4. The maximum absolute atomic E-state index is 12.8. The molecule has 8 heteroatoms. The Bertz CT molecular complexity index is 955. The smallest absolute Gasteiger partial charge is 0.321 e. The zero-order valence-corrected chi connectivity index (χ0v) is 18.4. The van der Waals surface area contributed by atoms with E-state index >= 15 is 0 Å². The molecule has 3 heterocycles. The van der Waals surface area contributed by atoms with Crippen molar-refractivity contribution < 1.29 is 14.4 Å². The molecule has 2 aliphatic heterocycles. The molecule has 2 saturated heterocycles. The van der Waals surface area contributed by atoms with E-state index in [0.29, 0.717) is 45.6 Å². The molecule has 0 radical (unpaired) electrons. The van der Waals surface area contributed by atoms with E-state index in [0.717, 1.165) is 17.8 Å². The summed E-state index contributed by atoms with van der Waals surface area (Å²) in [5.74, 6) is -0.927. The number of benzene rings is 1. The summed E-state index contributed by atoms with van der Waals surface area (Å²) in [7, 11) is 0. The fraction of sp³-hybridized carbons (Fsp3) is 0.417. The largest absolute Gasteiger partial charge is 0.330 e. The Kier molecular flexibility index (Phi) is 6.68. The summed E-state index contributed by atoms with van der Waals surface area (Å²) in [6.45, 7) is 4.56. The first-order valence-electron chi connectivity index (χ1n) is 11.2. The lowest BCUT2D eigenvalue weighted by atomic mass is 10.0. The molecule has 2 aliphatic rings. The van der Waals surface area contributed by atoms with E-state index in [9.17, 15) is 14.4 Å². The standard InChI is InChI=1S/C24H29N5O3/c1-2-18-6-8-19(9-7-18)26-24(32)27-13-10-21(11-14-27)29-16-15-28(22(30)23(29)31)17-20-5-3-4-12-25-20/h3-9,12,21H,2,10-11,13-17H2,1H3,(H,26,32). The van der Waals surface area contributed by atoms with E-state index in [1.165, 1.54) is 5.56 Å². The van der Waals surface area contributed by atoms with Crippen molar-refractivity contribution >= 4 is 23.5 Å². The van der Waals surface area contributed by atoms with E-state index < -0.39 is 11.8 Å². The van der Waals surface area contributed by atoms with Crippen molar-refractivity contribution in [3.05, 3.63) is 59.9 Å². The molecule has 0 bridgehead atoms. The second-order valence-electron chi connectivity index (χ2n) is 8.25. The molecule has 0 unspecified atom stereocenters. The van der Waals surface area contributed by atoms with Crippen molar-refractivity contribution in [2.75, 3.05) is 31.5 Å². The van der Waals surface area contributed by atoms with Crippen LogP contribution in [0.3, 0.4) is 0 Å². The number of aromatic nitrogens is 1. The minimum absolute atomic E-state index is 0.0173. The van der Waals surface area contributed by atoms with Gasteiger partial charge in [0.1, 0.15) is 0 Å². The Morgan fingerprint density at radius 2 is 1.75 bits per heavy atom. The van der Waals surface area contributed by atoms with Gasteiger partial charge in [0.2, 0.25) is 0 Å². The Morgan fingerprint density at radius 3 is 2.41 bits per heavy atom. The molecule has 8 nitrogen and oxygen atoms in total. The number of carbonyl (C=O) groups excluding carboxylic acids is 3. The molecule has 168 valence electrons. The molecule has 0 atom stereocenters. The Balaban J connectivity index is 1.28. The number of likely N-dealkylation sites (tertiary alicyclic amines) is 1. The van der Waals surface area contributed by atoms with Crippen molar-refractivity contribution in [1.29, 1.82) is 0 Å². The van der Waals surface area contributed by atoms with E-state index in [-0.39, 0.29) is 12.1 Å². The molecular formula is C24H29N5O3. The predicted molar refractivity (Wildman–Crippen MR) is 121 cm³/mol. The number of rotatable bonds is 5. The fourth-order valence-electron chi connectivity index (χ4n) is 4.28. The fourth-order valence-corrected chi connectivity index (χ4v) is 4.28. The van der Waals surface area contributed by atoms with Crippen LogP contribution in [0.25, 0.3) is 0 Å². The summed E-state index contributed by atoms with van der Waals surface area (Å²) in [5, 5.41) is 2.94. The molecule has 1 aromatic carbocycles. The first-order valence-corrected chi connectivity index (χ1v) is 11.2. The number of hydrogen-bond donors (Lipinski definition) is 1. The number of anilines is 1. The molecule has 1 aromatic heterocycles. The summed E-state index contributed by atoms with van der Waals surface area (Å²) in [4.78, 5) is 47.3. The van der Waals surface area contributed by atoms with Gasteiger partial charge in [-0.1, -0.05) is 25.1 Å². The van der Waals surface area contributed by atoms with Gasteiger partial charge >= 0.3 is 17.8 Å². The van der Waals surface area contributed by atoms with Crippen molar-refractivity contribution in [2.24, 2.45) is 0 Å². The number of hydrogen-bond acceptors (Lipinski definition) is 4. The first-order chi connectivity index (χ1) is 15.5. The molecule has 0 aliphatic carbocycles. The number of piperidine rings is 1. The monoisotopic (exact) mass is 435 g/mol. The second kappa shape index (κ2) is 9.80. The van der Waals surface area contributed by atoms with Gasteiger partial charge in [-0.15, -0.1) is 0 Å². The van der Waals surface area contributed by atoms with Crippen LogP contribution in [-0.4, -0.2) is 69.8 Å². The van der Waals surface area contributed by atoms with Crippen LogP contribution >= 0.6 is 0 Å². The minimum Gasteiger partial charge on any atom is -0.330 e. The van der Waals surface area contributed by atoms with Crippen molar-refractivity contribution in [3.63, 3.8) is 0 Å². The van der Waals surface area contributed by atoms with Gasteiger partial charge in [0.15, 0.2) is 0 Å². The second-order valence-corrected chi connectivity index (χ2v) is 8.25. The molecule has 2 aromatic rings. The molecule has 4 amide bonds. The van der Waals surface area contributed by atoms with Gasteiger partial charge < -0.3 is 20.0 Å². The normalized spacial score (nSPS) is 17.6. The lowest BCUT2D eigenvalue weighted by molar-refractivity contribution is -0.158. The van der Waals surface area contributed by atoms with Crippen LogP contribution in [0.2, 0.25) is 0 Å². The molecule has 0 spiro atoms. The van der Waals surface area contributed by atoms with Gasteiger partial charge in [0.25, 0.3) is 0 Å². The lowest BCUT2D eigenvalue weighted by Crippen LogP contribution is -2.59. The number of piperazine rings is 1. The molecule has 32 heavy (non-hydrogen) atoms. The third kappa shape index (κ3) is 4.90. The van der Waals surface area contributed by atoms with Gasteiger partial charge in [-0.2, -0.15) is 0 Å². The lowest BCUT2D eigenvalue weighted by Gasteiger charge is -2.42. The van der Waals surface area contributed by atoms with Crippen LogP contribution in [0.15, 0.2) is 48.7 Å². The SMILES string of the molecule is CCc1ccc(NC(=O)N2CCC(N3CCN(Cc4ccccn4)C(=O)C3=O)CC2)cc1. The summed E-state index contributed by atoms with van der Waals surface area (Å²) in [6.07, 6.45) is 3.98. The third-order valence-electron chi connectivity index (χ3n) is 6.23. The van der Waals surface area contributed by atoms with E-state index in [4.69, 9.17) is 0 Å². The average molecular weight is 436 g/mol. The van der Waals surface area contributed by atoms with E-state index in [1.54, 1.807) is 20.9 Å². The Hall–Kier alpha value is -3.42. The highest BCUT2D eigenvalue weighted by molar-refractivity contribution is 6.35. The highest BCUT2D eigenvalue weighted by Gasteiger charge is 2.38. The first kappa shape index (κ1) is 21.8. The van der Waals surface area contributed by atoms with Gasteiger partial charge in [-0.25, -0.2) is 4.79 Å². The molecule has 1 N–H and O–H groups in total. The van der Waals surface area contributed by atoms with Crippen molar-refractivity contribution in [3.8, 4) is 0 Å². The molecule has 2 fully saturated rings. The minimum atomic E-state index is -0.474. The summed E-state index contributed by atoms with van der Waals surface area (Å²) in [5.41, 5.74) is 2.77. The van der Waals surface area contributed by atoms with E-state index in [1.807, 2.05) is 42.5 Å². The summed E-state index contributed by atoms with van der Waals surface area (Å²) in [6, 6.07) is 13.2. The van der Waals surface area contributed by atoms with Crippen LogP contribution in [0.1, 0.15) is 31.0 Å². The number of amides is 4. The van der Waals surface area contributed by atoms with Gasteiger partial charge in [-0.3, -0.25) is 14.6 Å². The van der Waals surface area contributed by atoms with Crippen LogP contribution in [-0.2, 0) is 22.6 Å². The van der Waals surface area contributed by atoms with Crippen molar-refractivity contribution in [2.45, 2.75) is 38.8 Å². The van der Waals surface area contributed by atoms with Crippen LogP contribution < -0.4 is 5.32 Å². The van der Waals surface area contributed by atoms with Gasteiger partial charge in [-0.05, 0) is 49.1 Å². The van der Waals surface area contributed by atoms with Gasteiger partial charge in [0, 0.05) is 44.1 Å². The highest BCUT2D eigenvalue weighted by Crippen LogP contribution is 2.21. The van der Waals surface area contributed by atoms with Gasteiger partial charge in [0.05, 0.1) is 12.2 Å². The predicted octanol–water partition coefficient (Wildman–Crippen LogP) is 2.51. The number of carbonyl (C=O) groups is 3. The number of pyridine rings is 1. The quantitative estimate of drug-likeness (QED) is 0.732. The van der Waals surface area contributed by atoms with Crippen LogP contribution in [0, 0.1) is 0 Å². The number of urea groups is 1. The maximum Gasteiger partial charge on any atom is 0.321 e. The highest BCUT2D eigenvalue weighted by atomic mass is 16.2. The average Bonchev–Trinajstić information content (AvgIpc) is 2.83. The summed E-state index contributed by atoms with van der Waals surface area (Å²) >= 11 is 0. The topological polar surface area (TPSA) is 85.8 Å². The van der Waals surface area contributed by atoms with Crippen LogP contribution in [0.4, 0.5) is 10.5 Å². The van der Waals surface area contributed by atoms with Crippen LogP contribution in [0.5, 0.6) is 0 Å². The number of aryl methyl sites for hydroxylation is 1. The molecule has 4 rings (SSSR count). The molecular weight excluding hydrogens is 406 g/mol. The maximum atomic E-state index is 12.8. The Morgan fingerprint density at radius 1 is 1.00 bits per heavy atom. The number of nitrogens with one attached hydrogen (secondary N) is 1. The Labute approximate surface area is 188 Å². The molecule has 0 saturated carbocycles.